The minimum atomic E-state index is -0.343. The Morgan fingerprint density at radius 1 is 0.950 bits per heavy atom. The molecule has 0 amide bonds. The molecule has 3 aromatic carbocycles. The van der Waals surface area contributed by atoms with Crippen LogP contribution >= 0.6 is 0 Å². The molecule has 4 heteroatoms. The molecule has 4 aromatic rings. The summed E-state index contributed by atoms with van der Waals surface area (Å²) >= 11 is 0. The van der Waals surface area contributed by atoms with Crippen molar-refractivity contribution in [3.8, 4) is 28.3 Å². The van der Waals surface area contributed by atoms with Gasteiger partial charge in [0.2, 0.25) is 0 Å². The van der Waals surface area contributed by atoms with E-state index in [9.17, 15) is 0 Å². The van der Waals surface area contributed by atoms with E-state index in [0.717, 1.165) is 47.5 Å². The average molecular weight is 534 g/mol. The molecule has 4 nitrogen and oxygen atoms in total. The van der Waals surface area contributed by atoms with Crippen LogP contribution in [0.15, 0.2) is 85.2 Å². The Kier molecular flexibility index (Phi) is 7.46. The Morgan fingerprint density at radius 3 is 2.60 bits per heavy atom. The molecule has 0 saturated heterocycles. The Labute approximate surface area is 239 Å². The number of ether oxygens (including phenoxy) is 2. The summed E-state index contributed by atoms with van der Waals surface area (Å²) in [5, 5.41) is 0. The second-order valence-corrected chi connectivity index (χ2v) is 11.6. The van der Waals surface area contributed by atoms with Crippen molar-refractivity contribution in [3.63, 3.8) is 0 Å². The average Bonchev–Trinajstić information content (AvgIpc) is 3.23. The van der Waals surface area contributed by atoms with Crippen molar-refractivity contribution in [2.24, 2.45) is 0 Å². The van der Waals surface area contributed by atoms with Gasteiger partial charge in [0.25, 0.3) is 12.6 Å². The Bertz CT molecular complexity index is 1500. The fourth-order valence-corrected chi connectivity index (χ4v) is 6.96. The largest absolute Gasteiger partial charge is 0.449 e. The number of hydrogen-bond donors (Lipinski definition) is 0. The summed E-state index contributed by atoms with van der Waals surface area (Å²) in [4.78, 5) is 5.05. The molecule has 0 bridgehead atoms. The van der Waals surface area contributed by atoms with Gasteiger partial charge in [-0.2, -0.15) is 4.57 Å². The van der Waals surface area contributed by atoms with Crippen LogP contribution in [-0.4, -0.2) is 11.1 Å². The zero-order valence-corrected chi connectivity index (χ0v) is 24.3. The predicted octanol–water partition coefficient (Wildman–Crippen LogP) is 8.54. The van der Waals surface area contributed by atoms with E-state index in [0.29, 0.717) is 12.5 Å². The van der Waals surface area contributed by atoms with Crippen molar-refractivity contribution in [1.82, 2.24) is 4.98 Å². The van der Waals surface area contributed by atoms with Crippen LogP contribution in [0.1, 0.15) is 88.6 Å². The van der Waals surface area contributed by atoms with Gasteiger partial charge in [-0.05, 0) is 53.4 Å². The Hall–Kier alpha value is -3.50. The van der Waals surface area contributed by atoms with Crippen molar-refractivity contribution in [2.45, 2.75) is 90.1 Å². The van der Waals surface area contributed by atoms with Gasteiger partial charge < -0.3 is 9.47 Å². The molecule has 2 aliphatic heterocycles. The van der Waals surface area contributed by atoms with Crippen LogP contribution in [0.2, 0.25) is 0 Å². The summed E-state index contributed by atoms with van der Waals surface area (Å²) < 4.78 is 15.9. The van der Waals surface area contributed by atoms with E-state index in [-0.39, 0.29) is 17.7 Å². The molecule has 1 aromatic heterocycles. The minimum Gasteiger partial charge on any atom is -0.449 e. The summed E-state index contributed by atoms with van der Waals surface area (Å²) in [6, 6.07) is 28.4. The molecule has 0 saturated carbocycles. The first-order chi connectivity index (χ1) is 19.6. The lowest BCUT2D eigenvalue weighted by atomic mass is 9.72. The quantitative estimate of drug-likeness (QED) is 0.223. The number of fused-ring (bicyclic) bond motifs is 6. The van der Waals surface area contributed by atoms with Gasteiger partial charge in [0.15, 0.2) is 5.69 Å². The monoisotopic (exact) mass is 533 g/mol. The van der Waals surface area contributed by atoms with Crippen LogP contribution in [0.25, 0.3) is 22.5 Å². The molecule has 206 valence electrons. The van der Waals surface area contributed by atoms with E-state index < -0.39 is 0 Å². The topological polar surface area (TPSA) is 35.2 Å². The van der Waals surface area contributed by atoms with E-state index >= 15 is 0 Å². The van der Waals surface area contributed by atoms with Crippen molar-refractivity contribution in [2.75, 3.05) is 0 Å². The highest BCUT2D eigenvalue weighted by Gasteiger charge is 2.51. The van der Waals surface area contributed by atoms with Gasteiger partial charge in [-0.1, -0.05) is 101 Å². The molecule has 0 aliphatic carbocycles. The summed E-state index contributed by atoms with van der Waals surface area (Å²) in [7, 11) is 0. The molecule has 0 spiro atoms. The van der Waals surface area contributed by atoms with Gasteiger partial charge in [0.1, 0.15) is 17.5 Å². The van der Waals surface area contributed by atoms with Crippen molar-refractivity contribution in [3.05, 3.63) is 102 Å². The van der Waals surface area contributed by atoms with E-state index in [4.69, 9.17) is 14.5 Å². The Morgan fingerprint density at radius 2 is 1.77 bits per heavy atom. The maximum atomic E-state index is 6.88. The fourth-order valence-electron chi connectivity index (χ4n) is 6.96. The lowest BCUT2D eigenvalue weighted by Crippen LogP contribution is -2.55. The van der Waals surface area contributed by atoms with Crippen molar-refractivity contribution >= 4 is 0 Å². The number of hydrogen-bond acceptors (Lipinski definition) is 3. The maximum absolute atomic E-state index is 6.88. The predicted molar refractivity (Wildman–Crippen MR) is 160 cm³/mol. The molecule has 0 fully saturated rings. The van der Waals surface area contributed by atoms with Crippen LogP contribution < -0.4 is 9.30 Å². The molecule has 6 rings (SSSR count). The summed E-state index contributed by atoms with van der Waals surface area (Å²) in [5.41, 5.74) is 8.05. The minimum absolute atomic E-state index is 0.178. The highest BCUT2D eigenvalue weighted by atomic mass is 16.6. The van der Waals surface area contributed by atoms with E-state index in [1.54, 1.807) is 0 Å². The smallest absolute Gasteiger partial charge is 0.290 e. The van der Waals surface area contributed by atoms with Crippen molar-refractivity contribution < 1.29 is 14.0 Å². The molecular formula is C36H41N2O2+. The molecule has 40 heavy (non-hydrogen) atoms. The lowest BCUT2D eigenvalue weighted by Gasteiger charge is -2.38. The number of nitrogens with zero attached hydrogens (tertiary/aromatic N) is 2. The van der Waals surface area contributed by atoms with Gasteiger partial charge in [-0.25, -0.2) is 0 Å². The first-order valence-corrected chi connectivity index (χ1v) is 15.0. The third kappa shape index (κ3) is 4.62. The standard InChI is InChI=1S/C36H41N2O2/c1-5-13-25(7-3)26-15-12-16-27(21-26)31-22-32-29-17-9-10-18-30(29)36(4,20-6-2)34-35(38(32)24-37-31)40-33-19-11-8-14-28(33)23-39-34/h8-12,14-19,21-22,24-25,34-35H,5-7,13,20,23H2,1-4H3/q+1. The van der Waals surface area contributed by atoms with Crippen molar-refractivity contribution in [1.29, 1.82) is 0 Å². The zero-order chi connectivity index (χ0) is 27.7. The third-order valence-corrected chi connectivity index (χ3v) is 9.04. The molecule has 0 radical (unpaired) electrons. The molecular weight excluding hydrogens is 492 g/mol. The van der Waals surface area contributed by atoms with Gasteiger partial charge in [0.05, 0.1) is 6.61 Å². The van der Waals surface area contributed by atoms with Crippen LogP contribution in [0.4, 0.5) is 0 Å². The second kappa shape index (κ2) is 11.2. The van der Waals surface area contributed by atoms with Crippen LogP contribution in [0.3, 0.4) is 0 Å². The highest BCUT2D eigenvalue weighted by molar-refractivity contribution is 5.70. The summed E-state index contributed by atoms with van der Waals surface area (Å²) in [6.07, 6.45) is 7.05. The van der Waals surface area contributed by atoms with Gasteiger partial charge in [-0.3, -0.25) is 0 Å². The molecule has 4 unspecified atom stereocenters. The number of para-hydroxylation sites is 1. The zero-order valence-electron chi connectivity index (χ0n) is 24.3. The summed E-state index contributed by atoms with van der Waals surface area (Å²) in [6.45, 7) is 9.71. The number of aromatic nitrogens is 2. The Balaban J connectivity index is 1.54. The lowest BCUT2D eigenvalue weighted by molar-refractivity contribution is -0.755. The number of benzene rings is 3. The van der Waals surface area contributed by atoms with Crippen LogP contribution in [-0.2, 0) is 16.8 Å². The van der Waals surface area contributed by atoms with E-state index in [2.05, 4.69) is 105 Å². The second-order valence-electron chi connectivity index (χ2n) is 11.6. The molecule has 2 aliphatic rings. The van der Waals surface area contributed by atoms with Crippen LogP contribution in [0, 0.1) is 0 Å². The molecule has 0 N–H and O–H groups in total. The van der Waals surface area contributed by atoms with Gasteiger partial charge in [0, 0.05) is 28.2 Å². The van der Waals surface area contributed by atoms with E-state index in [1.165, 1.54) is 29.5 Å². The van der Waals surface area contributed by atoms with Gasteiger partial charge >= 0.3 is 0 Å². The molecule has 3 heterocycles. The SMILES string of the molecule is CCCC(CC)c1cccc(-c2cc3[n+](cn2)C2Oc4ccccc4COC2C(C)(CCC)c2ccccc2-3)c1. The first kappa shape index (κ1) is 26.7. The maximum Gasteiger partial charge on any atom is 0.290 e. The van der Waals surface area contributed by atoms with E-state index in [1.807, 2.05) is 12.4 Å². The van der Waals surface area contributed by atoms with Crippen LogP contribution in [0.5, 0.6) is 5.75 Å². The third-order valence-electron chi connectivity index (χ3n) is 9.04. The normalized spacial score (nSPS) is 22.0. The molecule has 4 atom stereocenters. The number of rotatable bonds is 7. The first-order valence-electron chi connectivity index (χ1n) is 15.0. The van der Waals surface area contributed by atoms with Gasteiger partial charge in [-0.15, -0.1) is 0 Å². The highest BCUT2D eigenvalue weighted by Crippen LogP contribution is 2.47. The fraction of sp³-hybridized carbons (Fsp3) is 0.389. The summed E-state index contributed by atoms with van der Waals surface area (Å²) in [5.74, 6) is 1.46.